The first-order chi connectivity index (χ1) is 10.1. The van der Waals surface area contributed by atoms with Crippen molar-refractivity contribution in [1.82, 2.24) is 9.97 Å². The number of hydrogen-bond donors (Lipinski definition) is 0. The number of rotatable bonds is 2. The summed E-state index contributed by atoms with van der Waals surface area (Å²) >= 11 is 6.36. The zero-order valence-corrected chi connectivity index (χ0v) is 13.2. The molecule has 0 unspecified atom stereocenters. The van der Waals surface area contributed by atoms with Gasteiger partial charge >= 0.3 is 0 Å². The second-order valence-corrected chi connectivity index (χ2v) is 5.70. The minimum atomic E-state index is 0.517. The summed E-state index contributed by atoms with van der Waals surface area (Å²) in [7, 11) is 0. The highest BCUT2D eigenvalue weighted by Gasteiger charge is 2.09. The van der Waals surface area contributed by atoms with Crippen molar-refractivity contribution < 1.29 is 0 Å². The number of nitrogens with zero attached hydrogens (tertiary/aromatic N) is 2. The van der Waals surface area contributed by atoms with Crippen molar-refractivity contribution in [1.29, 1.82) is 0 Å². The van der Waals surface area contributed by atoms with Crippen LogP contribution in [0.1, 0.15) is 23.6 Å². The maximum Gasteiger partial charge on any atom is 0.161 e. The van der Waals surface area contributed by atoms with E-state index in [9.17, 15) is 0 Å². The molecule has 0 N–H and O–H groups in total. The smallest absolute Gasteiger partial charge is 0.161 e. The van der Waals surface area contributed by atoms with Crippen LogP contribution in [0.3, 0.4) is 0 Å². The van der Waals surface area contributed by atoms with E-state index in [-0.39, 0.29) is 0 Å². The maximum atomic E-state index is 6.36. The van der Waals surface area contributed by atoms with Crippen LogP contribution < -0.4 is 0 Å². The Morgan fingerprint density at radius 3 is 2.48 bits per heavy atom. The third kappa shape index (κ3) is 2.64. The van der Waals surface area contributed by atoms with Gasteiger partial charge in [-0.05, 0) is 55.2 Å². The lowest BCUT2D eigenvalue weighted by Crippen LogP contribution is -1.94. The summed E-state index contributed by atoms with van der Waals surface area (Å²) in [6, 6.07) is 12.4. The summed E-state index contributed by atoms with van der Waals surface area (Å²) in [5, 5.41) is 1.44. The first-order valence-electron chi connectivity index (χ1n) is 7.12. The van der Waals surface area contributed by atoms with Gasteiger partial charge in [0.25, 0.3) is 0 Å². The van der Waals surface area contributed by atoms with E-state index >= 15 is 0 Å². The third-order valence-corrected chi connectivity index (χ3v) is 4.18. The lowest BCUT2D eigenvalue weighted by atomic mass is 10.1. The SMILES string of the molecule is CCc1ccc2nc(-c3ccc(C)c(C)c3)nc(Cl)c2c1. The molecule has 106 valence electrons. The van der Waals surface area contributed by atoms with Crippen LogP contribution in [0.2, 0.25) is 5.15 Å². The molecule has 3 heteroatoms. The summed E-state index contributed by atoms with van der Waals surface area (Å²) in [6.07, 6.45) is 0.977. The van der Waals surface area contributed by atoms with Gasteiger partial charge in [-0.3, -0.25) is 0 Å². The summed E-state index contributed by atoms with van der Waals surface area (Å²) < 4.78 is 0. The molecule has 0 bridgehead atoms. The van der Waals surface area contributed by atoms with Crippen molar-refractivity contribution in [3.05, 3.63) is 58.2 Å². The van der Waals surface area contributed by atoms with E-state index in [1.807, 2.05) is 12.1 Å². The fourth-order valence-electron chi connectivity index (χ4n) is 2.37. The number of hydrogen-bond acceptors (Lipinski definition) is 2. The molecule has 0 saturated carbocycles. The van der Waals surface area contributed by atoms with E-state index < -0.39 is 0 Å². The average Bonchev–Trinajstić information content (AvgIpc) is 2.49. The molecular formula is C18H17ClN2. The predicted molar refractivity (Wildman–Crippen MR) is 88.8 cm³/mol. The van der Waals surface area contributed by atoms with Crippen molar-refractivity contribution in [2.45, 2.75) is 27.2 Å². The first kappa shape index (κ1) is 14.0. The number of halogens is 1. The first-order valence-corrected chi connectivity index (χ1v) is 7.50. The minimum absolute atomic E-state index is 0.517. The fourth-order valence-corrected chi connectivity index (χ4v) is 2.60. The van der Waals surface area contributed by atoms with Crippen LogP contribution in [0.25, 0.3) is 22.3 Å². The van der Waals surface area contributed by atoms with Gasteiger partial charge in [-0.1, -0.05) is 36.7 Å². The summed E-state index contributed by atoms with van der Waals surface area (Å²) in [6.45, 7) is 6.31. The number of aryl methyl sites for hydroxylation is 3. The van der Waals surface area contributed by atoms with Crippen LogP contribution >= 0.6 is 11.6 Å². The van der Waals surface area contributed by atoms with Gasteiger partial charge in [0.05, 0.1) is 5.52 Å². The third-order valence-electron chi connectivity index (χ3n) is 3.89. The van der Waals surface area contributed by atoms with Gasteiger partial charge in [0.15, 0.2) is 5.82 Å². The summed E-state index contributed by atoms with van der Waals surface area (Å²) in [5.74, 6) is 0.680. The Morgan fingerprint density at radius 1 is 0.952 bits per heavy atom. The predicted octanol–water partition coefficient (Wildman–Crippen LogP) is 5.13. The highest BCUT2D eigenvalue weighted by Crippen LogP contribution is 2.26. The molecule has 3 aromatic rings. The number of aromatic nitrogens is 2. The minimum Gasteiger partial charge on any atom is -0.228 e. The standard InChI is InChI=1S/C18H17ClN2/c1-4-13-6-8-16-15(10-13)17(19)21-18(20-16)14-7-5-11(2)12(3)9-14/h5-10H,4H2,1-3H3. The Kier molecular flexibility index (Phi) is 3.64. The zero-order valence-electron chi connectivity index (χ0n) is 12.4. The molecule has 21 heavy (non-hydrogen) atoms. The normalized spacial score (nSPS) is 11.0. The van der Waals surface area contributed by atoms with E-state index in [4.69, 9.17) is 11.6 Å². The van der Waals surface area contributed by atoms with E-state index in [0.717, 1.165) is 22.9 Å². The number of fused-ring (bicyclic) bond motifs is 1. The second-order valence-electron chi connectivity index (χ2n) is 5.34. The fraction of sp³-hybridized carbons (Fsp3) is 0.222. The van der Waals surface area contributed by atoms with Crippen LogP contribution in [0, 0.1) is 13.8 Å². The van der Waals surface area contributed by atoms with E-state index in [1.54, 1.807) is 0 Å². The highest BCUT2D eigenvalue weighted by atomic mass is 35.5. The number of benzene rings is 2. The van der Waals surface area contributed by atoms with Crippen LogP contribution in [-0.2, 0) is 6.42 Å². The average molecular weight is 297 g/mol. The summed E-state index contributed by atoms with van der Waals surface area (Å²) in [5.41, 5.74) is 5.63. The van der Waals surface area contributed by atoms with Crippen LogP contribution in [0.5, 0.6) is 0 Å². The van der Waals surface area contributed by atoms with E-state index in [2.05, 4.69) is 55.0 Å². The molecule has 0 fully saturated rings. The molecule has 2 aromatic carbocycles. The molecule has 0 spiro atoms. The molecule has 2 nitrogen and oxygen atoms in total. The molecule has 3 rings (SSSR count). The Hall–Kier alpha value is -1.93. The highest BCUT2D eigenvalue weighted by molar-refractivity contribution is 6.34. The van der Waals surface area contributed by atoms with E-state index in [0.29, 0.717) is 11.0 Å². The largest absolute Gasteiger partial charge is 0.228 e. The van der Waals surface area contributed by atoms with Crippen molar-refractivity contribution >= 4 is 22.5 Å². The van der Waals surface area contributed by atoms with Crippen LogP contribution in [-0.4, -0.2) is 9.97 Å². The second kappa shape index (κ2) is 5.45. The Morgan fingerprint density at radius 2 is 1.76 bits per heavy atom. The molecule has 0 aliphatic carbocycles. The molecule has 0 aliphatic heterocycles. The lowest BCUT2D eigenvalue weighted by Gasteiger charge is -2.08. The molecule has 0 radical (unpaired) electrons. The van der Waals surface area contributed by atoms with Gasteiger partial charge in [0, 0.05) is 10.9 Å². The summed E-state index contributed by atoms with van der Waals surface area (Å²) in [4.78, 5) is 9.13. The van der Waals surface area contributed by atoms with Crippen molar-refractivity contribution in [3.63, 3.8) is 0 Å². The maximum absolute atomic E-state index is 6.36. The quantitative estimate of drug-likeness (QED) is 0.613. The van der Waals surface area contributed by atoms with Crippen LogP contribution in [0.4, 0.5) is 0 Å². The van der Waals surface area contributed by atoms with Crippen molar-refractivity contribution in [3.8, 4) is 11.4 Å². The van der Waals surface area contributed by atoms with Crippen LogP contribution in [0.15, 0.2) is 36.4 Å². The van der Waals surface area contributed by atoms with Gasteiger partial charge in [0.1, 0.15) is 5.15 Å². The molecule has 0 amide bonds. The van der Waals surface area contributed by atoms with Gasteiger partial charge in [-0.2, -0.15) is 0 Å². The molecule has 0 saturated heterocycles. The lowest BCUT2D eigenvalue weighted by molar-refractivity contribution is 1.14. The van der Waals surface area contributed by atoms with Gasteiger partial charge in [0.2, 0.25) is 0 Å². The Labute approximate surface area is 129 Å². The molecular weight excluding hydrogens is 280 g/mol. The van der Waals surface area contributed by atoms with Gasteiger partial charge in [-0.15, -0.1) is 0 Å². The zero-order chi connectivity index (χ0) is 15.0. The molecule has 0 aliphatic rings. The van der Waals surface area contributed by atoms with Gasteiger partial charge in [-0.25, -0.2) is 9.97 Å². The van der Waals surface area contributed by atoms with Gasteiger partial charge < -0.3 is 0 Å². The molecule has 1 aromatic heterocycles. The van der Waals surface area contributed by atoms with Crippen molar-refractivity contribution in [2.75, 3.05) is 0 Å². The van der Waals surface area contributed by atoms with E-state index in [1.165, 1.54) is 16.7 Å². The Bertz CT molecular complexity index is 825. The molecule has 0 atom stereocenters. The topological polar surface area (TPSA) is 25.8 Å². The Balaban J connectivity index is 2.18. The van der Waals surface area contributed by atoms with Crippen molar-refractivity contribution in [2.24, 2.45) is 0 Å². The monoisotopic (exact) mass is 296 g/mol. The molecule has 1 heterocycles.